The number of aliphatic carboxylic acids is 1. The maximum Gasteiger partial charge on any atom is 0.316 e. The molecule has 0 saturated carbocycles. The number of hydrogen-bond acceptors (Lipinski definition) is 4. The van der Waals surface area contributed by atoms with Crippen molar-refractivity contribution in [3.63, 3.8) is 0 Å². The van der Waals surface area contributed by atoms with E-state index in [4.69, 9.17) is 11.6 Å². The quantitative estimate of drug-likeness (QED) is 0.568. The van der Waals surface area contributed by atoms with E-state index in [0.717, 1.165) is 11.8 Å². The minimum absolute atomic E-state index is 0.261. The average molecular weight is 361 g/mol. The van der Waals surface area contributed by atoms with Crippen LogP contribution in [0.3, 0.4) is 0 Å². The lowest BCUT2D eigenvalue weighted by Crippen LogP contribution is -2.23. The molecular formula is C17H13ClN2O3S. The van der Waals surface area contributed by atoms with Crippen LogP contribution in [0, 0.1) is 0 Å². The van der Waals surface area contributed by atoms with Gasteiger partial charge in [0.15, 0.2) is 5.16 Å². The predicted octanol–water partition coefficient (Wildman–Crippen LogP) is 3.60. The minimum atomic E-state index is -0.972. The van der Waals surface area contributed by atoms with E-state index in [2.05, 4.69) is 4.98 Å². The topological polar surface area (TPSA) is 72.2 Å². The normalized spacial score (nSPS) is 12.2. The second-order valence-electron chi connectivity index (χ2n) is 5.13. The number of hydrogen-bond donors (Lipinski definition) is 1. The SMILES string of the molecule is C[C@@H](Sc1nc2ccccc2c(=O)n1-c1cccc(Cl)c1)C(=O)O. The molecule has 0 fully saturated rings. The Hall–Kier alpha value is -2.31. The van der Waals surface area contributed by atoms with Crippen LogP contribution in [-0.2, 0) is 4.79 Å². The van der Waals surface area contributed by atoms with Gasteiger partial charge in [0.25, 0.3) is 5.56 Å². The molecule has 1 heterocycles. The number of para-hydroxylation sites is 1. The second kappa shape index (κ2) is 6.67. The molecule has 1 aromatic heterocycles. The van der Waals surface area contributed by atoms with Crippen LogP contribution in [-0.4, -0.2) is 25.9 Å². The van der Waals surface area contributed by atoms with Crippen molar-refractivity contribution in [3.8, 4) is 5.69 Å². The first-order valence-electron chi connectivity index (χ1n) is 7.14. The maximum absolute atomic E-state index is 12.9. The van der Waals surface area contributed by atoms with Crippen LogP contribution in [0.25, 0.3) is 16.6 Å². The zero-order chi connectivity index (χ0) is 17.3. The van der Waals surface area contributed by atoms with Gasteiger partial charge in [-0.1, -0.05) is 41.6 Å². The highest BCUT2D eigenvalue weighted by molar-refractivity contribution is 8.00. The summed E-state index contributed by atoms with van der Waals surface area (Å²) in [5.41, 5.74) is 0.815. The fourth-order valence-electron chi connectivity index (χ4n) is 2.24. The van der Waals surface area contributed by atoms with E-state index in [1.807, 2.05) is 0 Å². The Morgan fingerprint density at radius 2 is 2.00 bits per heavy atom. The van der Waals surface area contributed by atoms with Crippen molar-refractivity contribution in [2.75, 3.05) is 0 Å². The Kier molecular flexibility index (Phi) is 4.59. The van der Waals surface area contributed by atoms with Gasteiger partial charge in [0, 0.05) is 5.02 Å². The lowest BCUT2D eigenvalue weighted by atomic mass is 10.2. The average Bonchev–Trinajstić information content (AvgIpc) is 2.55. The van der Waals surface area contributed by atoms with E-state index in [1.165, 1.54) is 4.57 Å². The van der Waals surface area contributed by atoms with Gasteiger partial charge in [0.05, 0.1) is 16.6 Å². The third-order valence-electron chi connectivity index (χ3n) is 3.44. The van der Waals surface area contributed by atoms with Gasteiger partial charge in [-0.2, -0.15) is 0 Å². The predicted molar refractivity (Wildman–Crippen MR) is 95.3 cm³/mol. The van der Waals surface area contributed by atoms with Crippen molar-refractivity contribution in [3.05, 3.63) is 63.9 Å². The summed E-state index contributed by atoms with van der Waals surface area (Å²) in [5, 5.41) is 9.69. The summed E-state index contributed by atoms with van der Waals surface area (Å²) in [5.74, 6) is -0.972. The smallest absolute Gasteiger partial charge is 0.316 e. The Morgan fingerprint density at radius 1 is 1.25 bits per heavy atom. The van der Waals surface area contributed by atoms with E-state index in [0.29, 0.717) is 26.8 Å². The minimum Gasteiger partial charge on any atom is -0.480 e. The van der Waals surface area contributed by atoms with Crippen molar-refractivity contribution in [2.45, 2.75) is 17.3 Å². The maximum atomic E-state index is 12.9. The Balaban J connectivity index is 2.29. The summed E-state index contributed by atoms with van der Waals surface area (Å²) in [4.78, 5) is 28.6. The lowest BCUT2D eigenvalue weighted by Gasteiger charge is -2.14. The van der Waals surface area contributed by atoms with Crippen LogP contribution in [0.5, 0.6) is 0 Å². The van der Waals surface area contributed by atoms with Crippen LogP contribution >= 0.6 is 23.4 Å². The summed E-state index contributed by atoms with van der Waals surface area (Å²) in [6.07, 6.45) is 0. The van der Waals surface area contributed by atoms with E-state index in [1.54, 1.807) is 55.5 Å². The first-order valence-corrected chi connectivity index (χ1v) is 8.40. The number of halogens is 1. The molecule has 0 saturated heterocycles. The zero-order valence-corrected chi connectivity index (χ0v) is 14.2. The number of benzene rings is 2. The molecule has 122 valence electrons. The molecule has 0 amide bonds. The summed E-state index contributed by atoms with van der Waals surface area (Å²) < 4.78 is 1.40. The van der Waals surface area contributed by atoms with Crippen LogP contribution < -0.4 is 5.56 Å². The number of nitrogens with zero attached hydrogens (tertiary/aromatic N) is 2. The Bertz CT molecular complexity index is 987. The van der Waals surface area contributed by atoms with Crippen molar-refractivity contribution in [1.82, 2.24) is 9.55 Å². The van der Waals surface area contributed by atoms with Crippen LogP contribution in [0.4, 0.5) is 0 Å². The number of thioether (sulfide) groups is 1. The van der Waals surface area contributed by atoms with Gasteiger partial charge in [0.1, 0.15) is 5.25 Å². The van der Waals surface area contributed by atoms with Gasteiger partial charge in [-0.05, 0) is 37.3 Å². The molecular weight excluding hydrogens is 348 g/mol. The van der Waals surface area contributed by atoms with Crippen molar-refractivity contribution < 1.29 is 9.90 Å². The first kappa shape index (κ1) is 16.5. The molecule has 3 rings (SSSR count). The third kappa shape index (κ3) is 3.16. The molecule has 1 N–H and O–H groups in total. The first-order chi connectivity index (χ1) is 11.5. The molecule has 5 nitrogen and oxygen atoms in total. The molecule has 0 aliphatic rings. The summed E-state index contributed by atoms with van der Waals surface area (Å²) in [6, 6.07) is 13.8. The number of carboxylic acid groups (broad SMARTS) is 1. The van der Waals surface area contributed by atoms with Gasteiger partial charge in [0.2, 0.25) is 0 Å². The van der Waals surface area contributed by atoms with Gasteiger partial charge < -0.3 is 5.11 Å². The van der Waals surface area contributed by atoms with Crippen LogP contribution in [0.2, 0.25) is 5.02 Å². The van der Waals surface area contributed by atoms with Crippen LogP contribution in [0.15, 0.2) is 58.5 Å². The summed E-state index contributed by atoms with van der Waals surface area (Å²) >= 11 is 7.05. The van der Waals surface area contributed by atoms with Gasteiger partial charge in [-0.25, -0.2) is 4.98 Å². The molecule has 0 radical (unpaired) electrons. The monoisotopic (exact) mass is 360 g/mol. The fourth-order valence-corrected chi connectivity index (χ4v) is 3.29. The van der Waals surface area contributed by atoms with E-state index in [9.17, 15) is 14.7 Å². The molecule has 1 atom stereocenters. The van der Waals surface area contributed by atoms with Gasteiger partial charge in [-0.3, -0.25) is 14.2 Å². The summed E-state index contributed by atoms with van der Waals surface area (Å²) in [6.45, 7) is 1.55. The fraction of sp³-hybridized carbons (Fsp3) is 0.118. The number of fused-ring (bicyclic) bond motifs is 1. The zero-order valence-electron chi connectivity index (χ0n) is 12.6. The molecule has 0 aliphatic carbocycles. The highest BCUT2D eigenvalue weighted by Crippen LogP contribution is 2.26. The Morgan fingerprint density at radius 3 is 2.71 bits per heavy atom. The molecule has 0 unspecified atom stereocenters. The third-order valence-corrected chi connectivity index (χ3v) is 4.72. The highest BCUT2D eigenvalue weighted by atomic mass is 35.5. The molecule has 0 aliphatic heterocycles. The largest absolute Gasteiger partial charge is 0.480 e. The molecule has 24 heavy (non-hydrogen) atoms. The molecule has 3 aromatic rings. The van der Waals surface area contributed by atoms with Crippen molar-refractivity contribution >= 4 is 40.2 Å². The molecule has 7 heteroatoms. The number of carboxylic acids is 1. The van der Waals surface area contributed by atoms with Crippen molar-refractivity contribution in [2.24, 2.45) is 0 Å². The molecule has 2 aromatic carbocycles. The van der Waals surface area contributed by atoms with E-state index >= 15 is 0 Å². The van der Waals surface area contributed by atoms with E-state index < -0.39 is 11.2 Å². The summed E-state index contributed by atoms with van der Waals surface area (Å²) in [7, 11) is 0. The lowest BCUT2D eigenvalue weighted by molar-refractivity contribution is -0.136. The standard InChI is InChI=1S/C17H13ClN2O3S/c1-10(16(22)23)24-17-19-14-8-3-2-7-13(14)15(21)20(17)12-6-4-5-11(18)9-12/h2-10H,1H3,(H,22,23)/t10-/m1/s1. The number of carbonyl (C=O) groups is 1. The van der Waals surface area contributed by atoms with Gasteiger partial charge >= 0.3 is 5.97 Å². The highest BCUT2D eigenvalue weighted by Gasteiger charge is 2.19. The molecule has 0 spiro atoms. The van der Waals surface area contributed by atoms with Crippen LogP contribution in [0.1, 0.15) is 6.92 Å². The van der Waals surface area contributed by atoms with Gasteiger partial charge in [-0.15, -0.1) is 0 Å². The number of rotatable bonds is 4. The number of aromatic nitrogens is 2. The Labute approximate surface area is 146 Å². The molecule has 0 bridgehead atoms. The van der Waals surface area contributed by atoms with Crippen molar-refractivity contribution in [1.29, 1.82) is 0 Å². The van der Waals surface area contributed by atoms with E-state index in [-0.39, 0.29) is 5.56 Å². The second-order valence-corrected chi connectivity index (χ2v) is 6.87.